The Labute approximate surface area is 121 Å². The number of anilines is 1. The Kier molecular flexibility index (Phi) is 3.30. The van der Waals surface area contributed by atoms with Crippen LogP contribution in [0.15, 0.2) is 42.5 Å². The Hall–Kier alpha value is -2.47. The summed E-state index contributed by atoms with van der Waals surface area (Å²) in [4.78, 5) is 0. The van der Waals surface area contributed by atoms with Crippen LogP contribution in [0, 0.1) is 0 Å². The summed E-state index contributed by atoms with van der Waals surface area (Å²) in [5.74, 6) is 2.81. The van der Waals surface area contributed by atoms with Crippen LogP contribution in [0.5, 0.6) is 23.0 Å². The molecule has 102 valence electrons. The van der Waals surface area contributed by atoms with E-state index in [-0.39, 0.29) is 11.9 Å². The lowest BCUT2D eigenvalue weighted by molar-refractivity contribution is 0.174. The third-order valence-corrected chi connectivity index (χ3v) is 2.80. The molecule has 0 spiro atoms. The molecule has 0 bridgehead atoms. The van der Waals surface area contributed by atoms with Crippen molar-refractivity contribution in [2.75, 3.05) is 12.1 Å². The molecule has 0 radical (unpaired) electrons. The van der Waals surface area contributed by atoms with E-state index in [1.165, 1.54) is 0 Å². The lowest BCUT2D eigenvalue weighted by Crippen LogP contribution is -2.18. The van der Waals surface area contributed by atoms with E-state index in [1.807, 2.05) is 36.4 Å². The highest BCUT2D eigenvalue weighted by Gasteiger charge is 2.13. The van der Waals surface area contributed by atoms with Crippen LogP contribution in [0.3, 0.4) is 0 Å². The summed E-state index contributed by atoms with van der Waals surface area (Å²) < 4.78 is 16.3. The second-order valence-corrected chi connectivity index (χ2v) is 4.57. The second-order valence-electron chi connectivity index (χ2n) is 4.13. The van der Waals surface area contributed by atoms with E-state index in [0.29, 0.717) is 17.2 Å². The van der Waals surface area contributed by atoms with Crippen molar-refractivity contribution in [3.05, 3.63) is 42.5 Å². The number of hydrogen-bond acceptors (Lipinski definition) is 4. The summed E-state index contributed by atoms with van der Waals surface area (Å²) in [7, 11) is 0. The van der Waals surface area contributed by atoms with E-state index in [1.54, 1.807) is 6.07 Å². The molecule has 0 saturated heterocycles. The first-order valence-electron chi connectivity index (χ1n) is 5.95. The van der Waals surface area contributed by atoms with Gasteiger partial charge in [-0.2, -0.15) is 0 Å². The number of hydrogen-bond donors (Lipinski definition) is 2. The zero-order valence-corrected chi connectivity index (χ0v) is 11.3. The third-order valence-electron chi connectivity index (χ3n) is 2.70. The van der Waals surface area contributed by atoms with Gasteiger partial charge >= 0.3 is 0 Å². The maximum Gasteiger partial charge on any atom is 0.231 e. The molecular formula is C14H12N2O3S. The fourth-order valence-corrected chi connectivity index (χ4v) is 1.94. The molecule has 1 aliphatic heterocycles. The van der Waals surface area contributed by atoms with Crippen molar-refractivity contribution in [3.63, 3.8) is 0 Å². The van der Waals surface area contributed by atoms with Crippen LogP contribution in [-0.4, -0.2) is 11.9 Å². The molecule has 0 atom stereocenters. The van der Waals surface area contributed by atoms with E-state index in [2.05, 4.69) is 5.32 Å². The van der Waals surface area contributed by atoms with Crippen molar-refractivity contribution < 1.29 is 14.2 Å². The van der Waals surface area contributed by atoms with E-state index in [0.717, 1.165) is 11.4 Å². The molecule has 20 heavy (non-hydrogen) atoms. The predicted molar refractivity (Wildman–Crippen MR) is 79.5 cm³/mol. The monoisotopic (exact) mass is 288 g/mol. The Morgan fingerprint density at radius 1 is 1.05 bits per heavy atom. The van der Waals surface area contributed by atoms with Gasteiger partial charge in [0.2, 0.25) is 6.79 Å². The molecule has 5 nitrogen and oxygen atoms in total. The summed E-state index contributed by atoms with van der Waals surface area (Å²) in [5.41, 5.74) is 6.22. The van der Waals surface area contributed by atoms with Gasteiger partial charge in [0.25, 0.3) is 0 Å². The second kappa shape index (κ2) is 5.26. The Balaban J connectivity index is 1.72. The molecule has 0 unspecified atom stereocenters. The van der Waals surface area contributed by atoms with Crippen LogP contribution in [0.1, 0.15) is 0 Å². The zero-order chi connectivity index (χ0) is 13.9. The molecule has 1 heterocycles. The molecule has 0 aromatic heterocycles. The van der Waals surface area contributed by atoms with Gasteiger partial charge in [0.05, 0.1) is 0 Å². The Morgan fingerprint density at radius 2 is 1.75 bits per heavy atom. The van der Waals surface area contributed by atoms with Gasteiger partial charge < -0.3 is 25.3 Å². The molecule has 0 fully saturated rings. The number of fused-ring (bicyclic) bond motifs is 1. The van der Waals surface area contributed by atoms with Crippen molar-refractivity contribution in [2.24, 2.45) is 5.73 Å². The maximum atomic E-state index is 5.74. The summed E-state index contributed by atoms with van der Waals surface area (Å²) in [5, 5.41) is 3.08. The zero-order valence-electron chi connectivity index (χ0n) is 10.5. The van der Waals surface area contributed by atoms with Crippen LogP contribution >= 0.6 is 12.2 Å². The van der Waals surface area contributed by atoms with Crippen LogP contribution in [-0.2, 0) is 0 Å². The molecular weight excluding hydrogens is 276 g/mol. The molecule has 3 N–H and O–H groups in total. The molecule has 2 aromatic carbocycles. The van der Waals surface area contributed by atoms with Gasteiger partial charge in [0, 0.05) is 11.8 Å². The molecule has 0 amide bonds. The highest BCUT2D eigenvalue weighted by Crippen LogP contribution is 2.36. The maximum absolute atomic E-state index is 5.74. The van der Waals surface area contributed by atoms with Crippen LogP contribution < -0.4 is 25.3 Å². The lowest BCUT2D eigenvalue weighted by Gasteiger charge is -2.08. The summed E-state index contributed by atoms with van der Waals surface area (Å²) in [6.07, 6.45) is 0. The van der Waals surface area contributed by atoms with Crippen molar-refractivity contribution in [1.82, 2.24) is 0 Å². The Bertz CT molecular complexity index is 643. The summed E-state index contributed by atoms with van der Waals surface area (Å²) in [6.45, 7) is 0.248. The molecule has 2 aromatic rings. The first kappa shape index (κ1) is 12.6. The highest BCUT2D eigenvalue weighted by molar-refractivity contribution is 7.80. The molecule has 1 aliphatic rings. The fraction of sp³-hybridized carbons (Fsp3) is 0.0714. The third kappa shape index (κ3) is 2.75. The van der Waals surface area contributed by atoms with Crippen LogP contribution in [0.2, 0.25) is 0 Å². The minimum absolute atomic E-state index is 0.231. The summed E-state index contributed by atoms with van der Waals surface area (Å²) >= 11 is 4.77. The van der Waals surface area contributed by atoms with Gasteiger partial charge in [0.1, 0.15) is 11.5 Å². The van der Waals surface area contributed by atoms with Crippen molar-refractivity contribution in [2.45, 2.75) is 0 Å². The predicted octanol–water partition coefficient (Wildman–Crippen LogP) is 2.86. The van der Waals surface area contributed by atoms with Gasteiger partial charge in [-0.05, 0) is 48.6 Å². The molecule has 0 aliphatic carbocycles. The van der Waals surface area contributed by atoms with E-state index < -0.39 is 0 Å². The molecule has 6 heteroatoms. The average molecular weight is 288 g/mol. The number of nitrogens with one attached hydrogen (secondary N) is 1. The molecule has 3 rings (SSSR count). The SMILES string of the molecule is NC(=S)Nc1ccc(Oc2ccc3c(c2)OCO3)cc1. The van der Waals surface area contributed by atoms with Crippen molar-refractivity contribution in [3.8, 4) is 23.0 Å². The first-order chi connectivity index (χ1) is 9.70. The smallest absolute Gasteiger partial charge is 0.231 e. The largest absolute Gasteiger partial charge is 0.457 e. The minimum Gasteiger partial charge on any atom is -0.457 e. The quantitative estimate of drug-likeness (QED) is 0.847. The fourth-order valence-electron chi connectivity index (χ4n) is 1.83. The first-order valence-corrected chi connectivity index (χ1v) is 6.35. The van der Waals surface area contributed by atoms with Gasteiger partial charge in [-0.1, -0.05) is 0 Å². The van der Waals surface area contributed by atoms with Crippen molar-refractivity contribution in [1.29, 1.82) is 0 Å². The van der Waals surface area contributed by atoms with Crippen LogP contribution in [0.4, 0.5) is 5.69 Å². The van der Waals surface area contributed by atoms with Gasteiger partial charge in [0.15, 0.2) is 16.6 Å². The number of benzene rings is 2. The summed E-state index contributed by atoms with van der Waals surface area (Å²) in [6, 6.07) is 12.8. The van der Waals surface area contributed by atoms with Crippen LogP contribution in [0.25, 0.3) is 0 Å². The Morgan fingerprint density at radius 3 is 2.50 bits per heavy atom. The van der Waals surface area contributed by atoms with E-state index >= 15 is 0 Å². The number of ether oxygens (including phenoxy) is 3. The number of rotatable bonds is 3. The van der Waals surface area contributed by atoms with E-state index in [9.17, 15) is 0 Å². The van der Waals surface area contributed by atoms with Gasteiger partial charge in [-0.3, -0.25) is 0 Å². The van der Waals surface area contributed by atoms with Gasteiger partial charge in [-0.15, -0.1) is 0 Å². The molecule has 0 saturated carbocycles. The number of nitrogens with two attached hydrogens (primary N) is 1. The number of thiocarbonyl (C=S) groups is 1. The topological polar surface area (TPSA) is 65.7 Å². The lowest BCUT2D eigenvalue weighted by atomic mass is 10.3. The van der Waals surface area contributed by atoms with E-state index in [4.69, 9.17) is 32.2 Å². The van der Waals surface area contributed by atoms with Gasteiger partial charge in [-0.25, -0.2) is 0 Å². The average Bonchev–Trinajstić information content (AvgIpc) is 2.88. The standard InChI is InChI=1S/C14H12N2O3S/c15-14(20)16-9-1-3-10(4-2-9)19-11-5-6-12-13(7-11)18-8-17-12/h1-7H,8H2,(H3,15,16,20). The van der Waals surface area contributed by atoms with Crippen molar-refractivity contribution >= 4 is 23.0 Å². The highest BCUT2D eigenvalue weighted by atomic mass is 32.1. The normalized spacial score (nSPS) is 12.0. The minimum atomic E-state index is 0.231.